The Hall–Kier alpha value is -1.42. The molecule has 1 aromatic rings. The Labute approximate surface area is 130 Å². The Bertz CT molecular complexity index is 432. The van der Waals surface area contributed by atoms with Crippen molar-refractivity contribution in [2.45, 2.75) is 64.2 Å². The molecule has 1 aliphatic rings. The average Bonchev–Trinajstić information content (AvgIpc) is 2.55. The largest absolute Gasteiger partial charge is 0.494 e. The van der Waals surface area contributed by atoms with Crippen molar-refractivity contribution in [3.8, 4) is 18.1 Å². The predicted molar refractivity (Wildman–Crippen MR) is 89.6 cm³/mol. The molecule has 114 valence electrons. The Kier molecular flexibility index (Phi) is 6.67. The highest BCUT2D eigenvalue weighted by atomic mass is 16.5. The highest BCUT2D eigenvalue weighted by molar-refractivity contribution is 5.29. The van der Waals surface area contributed by atoms with E-state index in [9.17, 15) is 0 Å². The highest BCUT2D eigenvalue weighted by Gasteiger charge is 2.20. The molecular formula is C20H28O. The molecule has 0 aromatic heterocycles. The summed E-state index contributed by atoms with van der Waals surface area (Å²) in [6.45, 7) is 3.07. The molecule has 1 heteroatoms. The Balaban J connectivity index is 1.76. The molecule has 0 amide bonds. The lowest BCUT2D eigenvalue weighted by Crippen LogP contribution is -2.11. The zero-order valence-electron chi connectivity index (χ0n) is 13.3. The normalized spacial score (nSPS) is 21.7. The second-order valence-electron chi connectivity index (χ2n) is 6.19. The summed E-state index contributed by atoms with van der Waals surface area (Å²) in [4.78, 5) is 0. The van der Waals surface area contributed by atoms with Crippen molar-refractivity contribution in [3.05, 3.63) is 29.8 Å². The minimum absolute atomic E-state index is 0.506. The SMILES string of the molecule is C#CC1CCC(c2ccc(OCCCCCC)cc2)CC1. The van der Waals surface area contributed by atoms with Crippen LogP contribution in [0.4, 0.5) is 0 Å². The monoisotopic (exact) mass is 284 g/mol. The van der Waals surface area contributed by atoms with E-state index in [-0.39, 0.29) is 0 Å². The molecule has 1 saturated carbocycles. The quantitative estimate of drug-likeness (QED) is 0.471. The van der Waals surface area contributed by atoms with Crippen molar-refractivity contribution in [3.63, 3.8) is 0 Å². The minimum Gasteiger partial charge on any atom is -0.494 e. The summed E-state index contributed by atoms with van der Waals surface area (Å²) < 4.78 is 5.80. The third-order valence-electron chi connectivity index (χ3n) is 4.58. The molecule has 0 bridgehead atoms. The number of hydrogen-bond donors (Lipinski definition) is 0. The molecule has 0 spiro atoms. The molecule has 0 saturated heterocycles. The van der Waals surface area contributed by atoms with Crippen LogP contribution in [0, 0.1) is 18.3 Å². The van der Waals surface area contributed by atoms with Gasteiger partial charge in [0.1, 0.15) is 5.75 Å². The standard InChI is InChI=1S/C20H28O/c1-3-5-6-7-16-21-20-14-12-19(13-15-20)18-10-8-17(4-2)9-11-18/h2,12-15,17-18H,3,5-11,16H2,1H3. The van der Waals surface area contributed by atoms with Crippen molar-refractivity contribution in [1.82, 2.24) is 0 Å². The highest BCUT2D eigenvalue weighted by Crippen LogP contribution is 2.35. The molecule has 0 atom stereocenters. The van der Waals surface area contributed by atoms with Gasteiger partial charge in [0.05, 0.1) is 6.61 Å². The van der Waals surface area contributed by atoms with E-state index in [1.807, 2.05) is 0 Å². The van der Waals surface area contributed by atoms with Gasteiger partial charge in [-0.3, -0.25) is 0 Å². The van der Waals surface area contributed by atoms with E-state index in [0.29, 0.717) is 11.8 Å². The molecule has 0 heterocycles. The summed E-state index contributed by atoms with van der Waals surface area (Å²) in [7, 11) is 0. The molecule has 21 heavy (non-hydrogen) atoms. The van der Waals surface area contributed by atoms with Crippen molar-refractivity contribution >= 4 is 0 Å². The van der Waals surface area contributed by atoms with Crippen LogP contribution in [-0.2, 0) is 0 Å². The second-order valence-corrected chi connectivity index (χ2v) is 6.19. The zero-order chi connectivity index (χ0) is 14.9. The van der Waals surface area contributed by atoms with E-state index in [2.05, 4.69) is 37.1 Å². The molecule has 0 radical (unpaired) electrons. The van der Waals surface area contributed by atoms with Crippen LogP contribution in [0.3, 0.4) is 0 Å². The van der Waals surface area contributed by atoms with E-state index >= 15 is 0 Å². The summed E-state index contributed by atoms with van der Waals surface area (Å²) >= 11 is 0. The van der Waals surface area contributed by atoms with E-state index in [1.165, 1.54) is 50.5 Å². The Morgan fingerprint density at radius 1 is 1.05 bits per heavy atom. The van der Waals surface area contributed by atoms with Gasteiger partial charge in [0.15, 0.2) is 0 Å². The van der Waals surface area contributed by atoms with Gasteiger partial charge in [-0.15, -0.1) is 12.3 Å². The molecule has 0 aliphatic heterocycles. The van der Waals surface area contributed by atoms with Gasteiger partial charge in [-0.25, -0.2) is 0 Å². The van der Waals surface area contributed by atoms with Crippen LogP contribution < -0.4 is 4.74 Å². The van der Waals surface area contributed by atoms with Crippen LogP contribution >= 0.6 is 0 Å². The van der Waals surface area contributed by atoms with Gasteiger partial charge in [-0.2, -0.15) is 0 Å². The molecule has 0 unspecified atom stereocenters. The fourth-order valence-corrected chi connectivity index (χ4v) is 3.15. The summed E-state index contributed by atoms with van der Waals surface area (Å²) in [5.74, 6) is 5.10. The molecule has 1 aromatic carbocycles. The summed E-state index contributed by atoms with van der Waals surface area (Å²) in [6.07, 6.45) is 15.3. The molecule has 2 rings (SSSR count). The average molecular weight is 284 g/mol. The number of hydrogen-bond acceptors (Lipinski definition) is 1. The van der Waals surface area contributed by atoms with Gasteiger partial charge in [-0.05, 0) is 55.7 Å². The molecule has 1 nitrogen and oxygen atoms in total. The number of unbranched alkanes of at least 4 members (excludes halogenated alkanes) is 3. The first-order valence-corrected chi connectivity index (χ1v) is 8.52. The lowest BCUT2D eigenvalue weighted by molar-refractivity contribution is 0.304. The smallest absolute Gasteiger partial charge is 0.119 e. The van der Waals surface area contributed by atoms with Gasteiger partial charge < -0.3 is 4.74 Å². The predicted octanol–water partition coefficient (Wildman–Crippen LogP) is 5.55. The van der Waals surface area contributed by atoms with E-state index < -0.39 is 0 Å². The molecule has 0 N–H and O–H groups in total. The van der Waals surface area contributed by atoms with E-state index in [0.717, 1.165) is 18.8 Å². The molecule has 1 fully saturated rings. The zero-order valence-corrected chi connectivity index (χ0v) is 13.3. The fraction of sp³-hybridized carbons (Fsp3) is 0.600. The third kappa shape index (κ3) is 5.12. The van der Waals surface area contributed by atoms with Crippen molar-refractivity contribution < 1.29 is 4.74 Å². The number of ether oxygens (including phenoxy) is 1. The first kappa shape index (κ1) is 16.0. The number of rotatable bonds is 7. The van der Waals surface area contributed by atoms with Crippen LogP contribution in [0.2, 0.25) is 0 Å². The van der Waals surface area contributed by atoms with Crippen LogP contribution in [0.5, 0.6) is 5.75 Å². The maximum atomic E-state index is 5.80. The first-order valence-electron chi connectivity index (χ1n) is 8.52. The van der Waals surface area contributed by atoms with Crippen LogP contribution in [0.1, 0.15) is 69.8 Å². The second kappa shape index (κ2) is 8.78. The molecular weight excluding hydrogens is 256 g/mol. The maximum Gasteiger partial charge on any atom is 0.119 e. The number of benzene rings is 1. The van der Waals surface area contributed by atoms with Gasteiger partial charge >= 0.3 is 0 Å². The summed E-state index contributed by atoms with van der Waals surface area (Å²) in [5, 5.41) is 0. The Morgan fingerprint density at radius 2 is 1.76 bits per heavy atom. The van der Waals surface area contributed by atoms with Crippen LogP contribution in [0.25, 0.3) is 0 Å². The third-order valence-corrected chi connectivity index (χ3v) is 4.58. The summed E-state index contributed by atoms with van der Waals surface area (Å²) in [5.41, 5.74) is 1.45. The van der Waals surface area contributed by atoms with E-state index in [1.54, 1.807) is 0 Å². The van der Waals surface area contributed by atoms with E-state index in [4.69, 9.17) is 11.2 Å². The van der Waals surface area contributed by atoms with Gasteiger partial charge in [-0.1, -0.05) is 38.3 Å². The lowest BCUT2D eigenvalue weighted by atomic mass is 9.79. The minimum atomic E-state index is 0.506. The lowest BCUT2D eigenvalue weighted by Gasteiger charge is -2.26. The molecule has 1 aliphatic carbocycles. The van der Waals surface area contributed by atoms with Crippen LogP contribution in [-0.4, -0.2) is 6.61 Å². The Morgan fingerprint density at radius 3 is 2.38 bits per heavy atom. The van der Waals surface area contributed by atoms with Crippen molar-refractivity contribution in [2.75, 3.05) is 6.61 Å². The van der Waals surface area contributed by atoms with Gasteiger partial charge in [0.25, 0.3) is 0 Å². The first-order chi connectivity index (χ1) is 10.3. The maximum absolute atomic E-state index is 5.80. The fourth-order valence-electron chi connectivity index (χ4n) is 3.15. The van der Waals surface area contributed by atoms with Crippen molar-refractivity contribution in [2.24, 2.45) is 5.92 Å². The van der Waals surface area contributed by atoms with Crippen molar-refractivity contribution in [1.29, 1.82) is 0 Å². The van der Waals surface area contributed by atoms with Gasteiger partial charge in [0, 0.05) is 5.92 Å². The van der Waals surface area contributed by atoms with Crippen LogP contribution in [0.15, 0.2) is 24.3 Å². The topological polar surface area (TPSA) is 9.23 Å². The number of terminal acetylenes is 1. The summed E-state index contributed by atoms with van der Waals surface area (Å²) in [6, 6.07) is 8.73. The van der Waals surface area contributed by atoms with Gasteiger partial charge in [0.2, 0.25) is 0 Å².